The number of amides is 1. The summed E-state index contributed by atoms with van der Waals surface area (Å²) in [7, 11) is 0. The standard InChI is InChI=1S/C15H21NO2/c1-11-5-7-13(8-6-11)15(18)16-14-4-2-3-12(9-14)10-17/h5-8,12,14,17H,2-4,9-10H2,1H3,(H,16,18). The van der Waals surface area contributed by atoms with E-state index in [0.29, 0.717) is 11.5 Å². The fourth-order valence-corrected chi connectivity index (χ4v) is 2.56. The highest BCUT2D eigenvalue weighted by Gasteiger charge is 2.22. The van der Waals surface area contributed by atoms with E-state index in [2.05, 4.69) is 5.32 Å². The van der Waals surface area contributed by atoms with Gasteiger partial charge in [-0.25, -0.2) is 0 Å². The minimum Gasteiger partial charge on any atom is -0.396 e. The van der Waals surface area contributed by atoms with Crippen LogP contribution in [-0.4, -0.2) is 23.7 Å². The van der Waals surface area contributed by atoms with E-state index in [1.54, 1.807) is 0 Å². The molecule has 1 aliphatic carbocycles. The Kier molecular flexibility index (Phi) is 4.37. The fourth-order valence-electron chi connectivity index (χ4n) is 2.56. The third kappa shape index (κ3) is 3.33. The Morgan fingerprint density at radius 3 is 2.72 bits per heavy atom. The van der Waals surface area contributed by atoms with E-state index in [-0.39, 0.29) is 18.6 Å². The molecule has 0 spiro atoms. The molecule has 2 atom stereocenters. The Hall–Kier alpha value is -1.35. The third-order valence-corrected chi connectivity index (χ3v) is 3.69. The first kappa shape index (κ1) is 13.1. The van der Waals surface area contributed by atoms with Gasteiger partial charge in [-0.1, -0.05) is 24.1 Å². The summed E-state index contributed by atoms with van der Waals surface area (Å²) in [6.07, 6.45) is 4.08. The molecule has 2 rings (SSSR count). The van der Waals surface area contributed by atoms with Gasteiger partial charge >= 0.3 is 0 Å². The minimum absolute atomic E-state index is 0.00131. The van der Waals surface area contributed by atoms with Gasteiger partial charge in [0.15, 0.2) is 0 Å². The number of aliphatic hydroxyl groups excluding tert-OH is 1. The van der Waals surface area contributed by atoms with Crippen LogP contribution in [0, 0.1) is 12.8 Å². The van der Waals surface area contributed by atoms with Crippen LogP contribution in [0.1, 0.15) is 41.6 Å². The number of carbonyl (C=O) groups is 1. The molecule has 1 amide bonds. The number of rotatable bonds is 3. The van der Waals surface area contributed by atoms with Gasteiger partial charge in [-0.05, 0) is 44.2 Å². The molecule has 2 N–H and O–H groups in total. The average Bonchev–Trinajstić information content (AvgIpc) is 2.39. The number of aryl methyl sites for hydroxylation is 1. The van der Waals surface area contributed by atoms with Crippen molar-refractivity contribution in [2.45, 2.75) is 38.6 Å². The van der Waals surface area contributed by atoms with Gasteiger partial charge in [0.2, 0.25) is 0 Å². The van der Waals surface area contributed by atoms with Crippen LogP contribution in [-0.2, 0) is 0 Å². The molecule has 0 saturated heterocycles. The Morgan fingerprint density at radius 2 is 2.06 bits per heavy atom. The van der Waals surface area contributed by atoms with Crippen LogP contribution < -0.4 is 5.32 Å². The molecule has 1 aromatic rings. The summed E-state index contributed by atoms with van der Waals surface area (Å²) in [4.78, 5) is 12.0. The summed E-state index contributed by atoms with van der Waals surface area (Å²) in [5, 5.41) is 12.2. The molecule has 1 aromatic carbocycles. The Morgan fingerprint density at radius 1 is 1.33 bits per heavy atom. The second-order valence-electron chi connectivity index (χ2n) is 5.25. The molecule has 2 unspecified atom stereocenters. The van der Waals surface area contributed by atoms with E-state index in [1.165, 1.54) is 0 Å². The minimum atomic E-state index is -0.00131. The summed E-state index contributed by atoms with van der Waals surface area (Å²) in [5.41, 5.74) is 1.87. The number of nitrogens with one attached hydrogen (secondary N) is 1. The zero-order chi connectivity index (χ0) is 13.0. The Balaban J connectivity index is 1.92. The van der Waals surface area contributed by atoms with E-state index < -0.39 is 0 Å². The summed E-state index contributed by atoms with van der Waals surface area (Å²) in [6, 6.07) is 7.83. The molecule has 0 bridgehead atoms. The first-order valence-corrected chi connectivity index (χ1v) is 6.67. The first-order chi connectivity index (χ1) is 8.69. The van der Waals surface area contributed by atoms with Gasteiger partial charge in [0.1, 0.15) is 0 Å². The van der Waals surface area contributed by atoms with Crippen LogP contribution in [0.5, 0.6) is 0 Å². The molecule has 0 radical (unpaired) electrons. The van der Waals surface area contributed by atoms with Gasteiger partial charge < -0.3 is 10.4 Å². The van der Waals surface area contributed by atoms with Crippen LogP contribution >= 0.6 is 0 Å². The number of carbonyl (C=O) groups excluding carboxylic acids is 1. The number of aliphatic hydroxyl groups is 1. The van der Waals surface area contributed by atoms with Crippen LogP contribution in [0.4, 0.5) is 0 Å². The van der Waals surface area contributed by atoms with Crippen molar-refractivity contribution in [3.8, 4) is 0 Å². The van der Waals surface area contributed by atoms with Gasteiger partial charge in [-0.3, -0.25) is 4.79 Å². The smallest absolute Gasteiger partial charge is 0.251 e. The molecule has 18 heavy (non-hydrogen) atoms. The largest absolute Gasteiger partial charge is 0.396 e. The molecule has 3 nitrogen and oxygen atoms in total. The molecule has 0 aliphatic heterocycles. The van der Waals surface area contributed by atoms with Crippen molar-refractivity contribution in [1.29, 1.82) is 0 Å². The van der Waals surface area contributed by atoms with Crippen molar-refractivity contribution >= 4 is 5.91 Å². The zero-order valence-corrected chi connectivity index (χ0v) is 10.9. The maximum atomic E-state index is 12.0. The SMILES string of the molecule is Cc1ccc(C(=O)NC2CCCC(CO)C2)cc1. The predicted molar refractivity (Wildman–Crippen MR) is 71.5 cm³/mol. The lowest BCUT2D eigenvalue weighted by Gasteiger charge is -2.28. The van der Waals surface area contributed by atoms with E-state index in [9.17, 15) is 9.90 Å². The first-order valence-electron chi connectivity index (χ1n) is 6.67. The molecular formula is C15H21NO2. The van der Waals surface area contributed by atoms with Gasteiger partial charge in [0.25, 0.3) is 5.91 Å². The average molecular weight is 247 g/mol. The molecule has 98 valence electrons. The molecule has 0 heterocycles. The van der Waals surface area contributed by atoms with Gasteiger partial charge in [-0.2, -0.15) is 0 Å². The monoisotopic (exact) mass is 247 g/mol. The zero-order valence-electron chi connectivity index (χ0n) is 10.9. The topological polar surface area (TPSA) is 49.3 Å². The highest BCUT2D eigenvalue weighted by Crippen LogP contribution is 2.23. The van der Waals surface area contributed by atoms with E-state index in [0.717, 1.165) is 31.2 Å². The highest BCUT2D eigenvalue weighted by atomic mass is 16.3. The van der Waals surface area contributed by atoms with Crippen molar-refractivity contribution in [2.24, 2.45) is 5.92 Å². The molecular weight excluding hydrogens is 226 g/mol. The quantitative estimate of drug-likeness (QED) is 0.861. The summed E-state index contributed by atoms with van der Waals surface area (Å²) >= 11 is 0. The van der Waals surface area contributed by atoms with Crippen molar-refractivity contribution in [3.05, 3.63) is 35.4 Å². The maximum Gasteiger partial charge on any atom is 0.251 e. The molecule has 0 aromatic heterocycles. The fraction of sp³-hybridized carbons (Fsp3) is 0.533. The number of benzene rings is 1. The lowest BCUT2D eigenvalue weighted by Crippen LogP contribution is -2.39. The number of hydrogen-bond donors (Lipinski definition) is 2. The van der Waals surface area contributed by atoms with Crippen molar-refractivity contribution < 1.29 is 9.90 Å². The molecule has 1 fully saturated rings. The normalized spacial score (nSPS) is 23.7. The summed E-state index contributed by atoms with van der Waals surface area (Å²) in [5.74, 6) is 0.348. The second-order valence-corrected chi connectivity index (χ2v) is 5.25. The predicted octanol–water partition coefficient (Wildman–Crippen LogP) is 2.28. The second kappa shape index (κ2) is 6.01. The summed E-state index contributed by atoms with van der Waals surface area (Å²) < 4.78 is 0. The van der Waals surface area contributed by atoms with E-state index >= 15 is 0 Å². The van der Waals surface area contributed by atoms with Crippen LogP contribution in [0.15, 0.2) is 24.3 Å². The Bertz CT molecular complexity index is 399. The van der Waals surface area contributed by atoms with E-state index in [4.69, 9.17) is 0 Å². The lowest BCUT2D eigenvalue weighted by molar-refractivity contribution is 0.0906. The van der Waals surface area contributed by atoms with Crippen molar-refractivity contribution in [3.63, 3.8) is 0 Å². The maximum absolute atomic E-state index is 12.0. The Labute approximate surface area is 108 Å². The van der Waals surface area contributed by atoms with Gasteiger partial charge in [0, 0.05) is 18.2 Å². The van der Waals surface area contributed by atoms with Crippen LogP contribution in [0.3, 0.4) is 0 Å². The summed E-state index contributed by atoms with van der Waals surface area (Å²) in [6.45, 7) is 2.24. The number of hydrogen-bond acceptors (Lipinski definition) is 2. The van der Waals surface area contributed by atoms with Crippen molar-refractivity contribution in [2.75, 3.05) is 6.61 Å². The molecule has 3 heteroatoms. The van der Waals surface area contributed by atoms with Gasteiger partial charge in [-0.15, -0.1) is 0 Å². The van der Waals surface area contributed by atoms with E-state index in [1.807, 2.05) is 31.2 Å². The van der Waals surface area contributed by atoms with Crippen molar-refractivity contribution in [1.82, 2.24) is 5.32 Å². The third-order valence-electron chi connectivity index (χ3n) is 3.69. The van der Waals surface area contributed by atoms with Crippen LogP contribution in [0.25, 0.3) is 0 Å². The van der Waals surface area contributed by atoms with Crippen LogP contribution in [0.2, 0.25) is 0 Å². The highest BCUT2D eigenvalue weighted by molar-refractivity contribution is 5.94. The molecule has 1 saturated carbocycles. The van der Waals surface area contributed by atoms with Gasteiger partial charge in [0.05, 0.1) is 0 Å². The molecule has 1 aliphatic rings. The lowest BCUT2D eigenvalue weighted by atomic mass is 9.86.